The first kappa shape index (κ1) is 21.8. The molecule has 2 rings (SSSR count). The molecule has 0 aromatic heterocycles. The monoisotopic (exact) mass is 414 g/mol. The number of carbonyl (C=O) groups is 2. The Kier molecular flexibility index (Phi) is 6.43. The lowest BCUT2D eigenvalue weighted by Gasteiger charge is -2.24. The van der Waals surface area contributed by atoms with Crippen molar-refractivity contribution in [1.29, 1.82) is 0 Å². The standard InChI is InChI=1S/C18H26N2O7S/c1-18(2,3)27-17(22)20-9-8-13(11-20)28(23,24)19-12-6-7-15(25-4)14(10-12)16(21)26-5/h6-7,10,13,19H,8-9,11H2,1-5H3/t13-/m0/s1. The topological polar surface area (TPSA) is 111 Å². The summed E-state index contributed by atoms with van der Waals surface area (Å²) in [7, 11) is -1.16. The van der Waals surface area contributed by atoms with Gasteiger partial charge in [0.15, 0.2) is 0 Å². The molecular formula is C18H26N2O7S. The van der Waals surface area contributed by atoms with E-state index in [1.807, 2.05) is 0 Å². The lowest BCUT2D eigenvalue weighted by molar-refractivity contribution is 0.0295. The average molecular weight is 414 g/mol. The molecule has 0 bridgehead atoms. The second-order valence-corrected chi connectivity index (χ2v) is 9.35. The van der Waals surface area contributed by atoms with Gasteiger partial charge in [0.25, 0.3) is 0 Å². The number of sulfonamides is 1. The summed E-state index contributed by atoms with van der Waals surface area (Å²) in [6.07, 6.45) is -0.253. The lowest BCUT2D eigenvalue weighted by Crippen LogP contribution is -2.37. The van der Waals surface area contributed by atoms with Crippen molar-refractivity contribution in [3.63, 3.8) is 0 Å². The van der Waals surface area contributed by atoms with Crippen LogP contribution in [0.1, 0.15) is 37.6 Å². The number of ether oxygens (including phenoxy) is 3. The second-order valence-electron chi connectivity index (χ2n) is 7.39. The number of likely N-dealkylation sites (tertiary alicyclic amines) is 1. The van der Waals surface area contributed by atoms with Crippen LogP contribution >= 0.6 is 0 Å². The van der Waals surface area contributed by atoms with Gasteiger partial charge in [-0.2, -0.15) is 0 Å². The summed E-state index contributed by atoms with van der Waals surface area (Å²) in [6, 6.07) is 4.32. The third-order valence-corrected chi connectivity index (χ3v) is 5.88. The van der Waals surface area contributed by atoms with E-state index in [1.54, 1.807) is 20.8 Å². The normalized spacial score (nSPS) is 17.2. The molecule has 1 aromatic rings. The van der Waals surface area contributed by atoms with Crippen LogP contribution in [0, 0.1) is 0 Å². The number of hydrogen-bond donors (Lipinski definition) is 1. The number of benzene rings is 1. The number of nitrogens with zero attached hydrogens (tertiary/aromatic N) is 1. The number of rotatable bonds is 5. The van der Waals surface area contributed by atoms with E-state index in [4.69, 9.17) is 9.47 Å². The Morgan fingerprint density at radius 1 is 1.21 bits per heavy atom. The van der Waals surface area contributed by atoms with Crippen LogP contribution in [0.2, 0.25) is 0 Å². The Morgan fingerprint density at radius 2 is 1.89 bits per heavy atom. The Balaban J connectivity index is 2.12. The van der Waals surface area contributed by atoms with Crippen molar-refractivity contribution >= 4 is 27.8 Å². The minimum Gasteiger partial charge on any atom is -0.496 e. The van der Waals surface area contributed by atoms with Crippen molar-refractivity contribution in [3.05, 3.63) is 23.8 Å². The molecule has 28 heavy (non-hydrogen) atoms. The zero-order valence-corrected chi connectivity index (χ0v) is 17.5. The van der Waals surface area contributed by atoms with E-state index >= 15 is 0 Å². The van der Waals surface area contributed by atoms with Crippen LogP contribution in [0.5, 0.6) is 5.75 Å². The minimum absolute atomic E-state index is 0.0320. The fourth-order valence-electron chi connectivity index (χ4n) is 2.76. The Hall–Kier alpha value is -2.49. The summed E-state index contributed by atoms with van der Waals surface area (Å²) < 4.78 is 43.0. The van der Waals surface area contributed by atoms with E-state index < -0.39 is 32.9 Å². The molecular weight excluding hydrogens is 388 g/mol. The van der Waals surface area contributed by atoms with E-state index in [0.29, 0.717) is 0 Å². The first-order valence-electron chi connectivity index (χ1n) is 8.72. The first-order valence-corrected chi connectivity index (χ1v) is 10.3. The van der Waals surface area contributed by atoms with Crippen LogP contribution < -0.4 is 9.46 Å². The largest absolute Gasteiger partial charge is 0.496 e. The predicted molar refractivity (Wildman–Crippen MR) is 103 cm³/mol. The summed E-state index contributed by atoms with van der Waals surface area (Å²) in [5.41, 5.74) is -0.344. The number of hydrogen-bond acceptors (Lipinski definition) is 7. The maximum atomic E-state index is 12.7. The zero-order chi connectivity index (χ0) is 21.1. The van der Waals surface area contributed by atoms with Crippen LogP contribution in [0.15, 0.2) is 18.2 Å². The zero-order valence-electron chi connectivity index (χ0n) is 16.6. The number of amides is 1. The number of carbonyl (C=O) groups excluding carboxylic acids is 2. The molecule has 10 heteroatoms. The molecule has 0 spiro atoms. The van der Waals surface area contributed by atoms with Gasteiger partial charge in [-0.3, -0.25) is 4.72 Å². The van der Waals surface area contributed by atoms with E-state index in [9.17, 15) is 18.0 Å². The Morgan fingerprint density at radius 3 is 2.46 bits per heavy atom. The van der Waals surface area contributed by atoms with Gasteiger partial charge in [0.05, 0.1) is 19.5 Å². The van der Waals surface area contributed by atoms with E-state index in [1.165, 1.54) is 37.3 Å². The number of nitrogens with one attached hydrogen (secondary N) is 1. The van der Waals surface area contributed by atoms with Crippen molar-refractivity contribution in [3.8, 4) is 5.75 Å². The minimum atomic E-state index is -3.78. The lowest BCUT2D eigenvalue weighted by atomic mass is 10.2. The Labute approximate surface area is 165 Å². The molecule has 1 aliphatic heterocycles. The van der Waals surface area contributed by atoms with Gasteiger partial charge in [-0.15, -0.1) is 0 Å². The molecule has 0 saturated carbocycles. The van der Waals surface area contributed by atoms with Gasteiger partial charge < -0.3 is 19.1 Å². The average Bonchev–Trinajstić information content (AvgIpc) is 3.10. The summed E-state index contributed by atoms with van der Waals surface area (Å²) >= 11 is 0. The number of methoxy groups -OCH3 is 2. The molecule has 1 aromatic carbocycles. The molecule has 156 valence electrons. The predicted octanol–water partition coefficient (Wildman–Crippen LogP) is 2.23. The maximum absolute atomic E-state index is 12.7. The summed E-state index contributed by atoms with van der Waals surface area (Å²) in [4.78, 5) is 25.4. The molecule has 1 atom stereocenters. The summed E-state index contributed by atoms with van der Waals surface area (Å²) in [5.74, 6) is -0.373. The first-order chi connectivity index (χ1) is 13.0. The molecule has 1 aliphatic rings. The fraction of sp³-hybridized carbons (Fsp3) is 0.556. The SMILES string of the molecule is COC(=O)c1cc(NS(=O)(=O)[C@H]2CCN(C(=O)OC(C)(C)C)C2)ccc1OC. The molecule has 0 unspecified atom stereocenters. The molecule has 1 heterocycles. The number of esters is 1. The van der Waals surface area contributed by atoms with Gasteiger partial charge >= 0.3 is 12.1 Å². The molecule has 1 fully saturated rings. The van der Waals surface area contributed by atoms with Gasteiger partial charge in [0, 0.05) is 18.8 Å². The molecule has 0 radical (unpaired) electrons. The molecule has 1 saturated heterocycles. The van der Waals surface area contributed by atoms with E-state index in [0.717, 1.165) is 0 Å². The quantitative estimate of drug-likeness (QED) is 0.736. The highest BCUT2D eigenvalue weighted by Crippen LogP contribution is 2.26. The smallest absolute Gasteiger partial charge is 0.410 e. The highest BCUT2D eigenvalue weighted by molar-refractivity contribution is 7.93. The van der Waals surface area contributed by atoms with Crippen molar-refractivity contribution in [1.82, 2.24) is 4.90 Å². The van der Waals surface area contributed by atoms with Crippen molar-refractivity contribution in [2.45, 2.75) is 38.0 Å². The van der Waals surface area contributed by atoms with Crippen LogP contribution in [0.3, 0.4) is 0 Å². The van der Waals surface area contributed by atoms with Crippen LogP contribution in [-0.2, 0) is 19.5 Å². The van der Waals surface area contributed by atoms with E-state index in [2.05, 4.69) is 9.46 Å². The molecule has 9 nitrogen and oxygen atoms in total. The van der Waals surface area contributed by atoms with Crippen LogP contribution in [0.25, 0.3) is 0 Å². The number of anilines is 1. The van der Waals surface area contributed by atoms with Gasteiger partial charge in [0.1, 0.15) is 16.9 Å². The van der Waals surface area contributed by atoms with Gasteiger partial charge in [-0.05, 0) is 45.4 Å². The Bertz CT molecular complexity index is 846. The van der Waals surface area contributed by atoms with Crippen molar-refractivity contribution in [2.24, 2.45) is 0 Å². The van der Waals surface area contributed by atoms with E-state index in [-0.39, 0.29) is 36.5 Å². The van der Waals surface area contributed by atoms with Crippen LogP contribution in [-0.4, -0.2) is 63.5 Å². The van der Waals surface area contributed by atoms with Crippen LogP contribution in [0.4, 0.5) is 10.5 Å². The van der Waals surface area contributed by atoms with Gasteiger partial charge in [0.2, 0.25) is 10.0 Å². The van der Waals surface area contributed by atoms with Crippen molar-refractivity contribution in [2.75, 3.05) is 32.0 Å². The highest BCUT2D eigenvalue weighted by Gasteiger charge is 2.37. The second kappa shape index (κ2) is 8.26. The molecule has 1 N–H and O–H groups in total. The maximum Gasteiger partial charge on any atom is 0.410 e. The molecule has 0 aliphatic carbocycles. The third kappa shape index (κ3) is 5.28. The van der Waals surface area contributed by atoms with Crippen molar-refractivity contribution < 1.29 is 32.2 Å². The molecule has 1 amide bonds. The summed E-state index contributed by atoms with van der Waals surface area (Å²) in [6.45, 7) is 5.57. The third-order valence-electron chi connectivity index (χ3n) is 4.10. The van der Waals surface area contributed by atoms with Gasteiger partial charge in [-0.1, -0.05) is 0 Å². The summed E-state index contributed by atoms with van der Waals surface area (Å²) in [5, 5.41) is -0.788. The highest BCUT2D eigenvalue weighted by atomic mass is 32.2. The van der Waals surface area contributed by atoms with Gasteiger partial charge in [-0.25, -0.2) is 18.0 Å². The fourth-order valence-corrected chi connectivity index (χ4v) is 4.18.